The molecule has 15 heavy (non-hydrogen) atoms. The van der Waals surface area contributed by atoms with E-state index in [1.165, 1.54) is 12.2 Å². The Hall–Kier alpha value is -0.846. The number of aliphatic imine (C=N–C) groups is 2. The molecular weight excluding hydrogens is 228 g/mol. The predicted octanol–water partition coefficient (Wildman–Crippen LogP) is 1.16. The summed E-state index contributed by atoms with van der Waals surface area (Å²) in [5, 5.41) is 0. The van der Waals surface area contributed by atoms with E-state index in [1.807, 2.05) is 26.2 Å². The molecular formula is C8H16N2O3Si2. The van der Waals surface area contributed by atoms with Crippen molar-refractivity contribution in [3.8, 4) is 0 Å². The molecule has 0 aliphatic heterocycles. The average molecular weight is 244 g/mol. The van der Waals surface area contributed by atoms with Crippen molar-refractivity contribution in [2.75, 3.05) is 12.3 Å². The summed E-state index contributed by atoms with van der Waals surface area (Å²) in [5.41, 5.74) is 0. The van der Waals surface area contributed by atoms with Gasteiger partial charge < -0.3 is 4.12 Å². The van der Waals surface area contributed by atoms with Gasteiger partial charge in [0, 0.05) is 0 Å². The Morgan fingerprint density at radius 3 is 1.53 bits per heavy atom. The molecule has 0 aromatic heterocycles. The molecule has 0 aliphatic rings. The minimum atomic E-state index is -1.97. The number of rotatable bonds is 6. The highest BCUT2D eigenvalue weighted by Crippen LogP contribution is 2.14. The second-order valence-corrected chi connectivity index (χ2v) is 12.9. The molecule has 0 atom stereocenters. The molecule has 0 spiro atoms. The normalized spacial score (nSPS) is 11.5. The van der Waals surface area contributed by atoms with Crippen LogP contribution < -0.4 is 0 Å². The SMILES string of the molecule is C[Si](C)(CN=C=O)O[Si](C)(C)CN=C=O. The molecule has 0 aromatic carbocycles. The van der Waals surface area contributed by atoms with Gasteiger partial charge in [0.05, 0.1) is 12.3 Å². The van der Waals surface area contributed by atoms with Gasteiger partial charge in [0.1, 0.15) is 0 Å². The summed E-state index contributed by atoms with van der Waals surface area (Å²) in [6.45, 7) is 7.92. The van der Waals surface area contributed by atoms with Crippen LogP contribution in [0.5, 0.6) is 0 Å². The molecule has 0 fully saturated rings. The monoisotopic (exact) mass is 244 g/mol. The van der Waals surface area contributed by atoms with E-state index in [0.717, 1.165) is 0 Å². The summed E-state index contributed by atoms with van der Waals surface area (Å²) in [5.74, 6) is 0. The lowest BCUT2D eigenvalue weighted by Gasteiger charge is -2.31. The molecule has 0 N–H and O–H groups in total. The van der Waals surface area contributed by atoms with Crippen LogP contribution >= 0.6 is 0 Å². The third kappa shape index (κ3) is 7.13. The Labute approximate surface area is 91.5 Å². The molecule has 0 unspecified atom stereocenters. The van der Waals surface area contributed by atoms with Crippen molar-refractivity contribution in [3.63, 3.8) is 0 Å². The summed E-state index contributed by atoms with van der Waals surface area (Å²) >= 11 is 0. The van der Waals surface area contributed by atoms with Crippen LogP contribution in [0.4, 0.5) is 0 Å². The van der Waals surface area contributed by atoms with E-state index in [2.05, 4.69) is 9.98 Å². The van der Waals surface area contributed by atoms with Crippen molar-refractivity contribution in [1.82, 2.24) is 0 Å². The zero-order chi connectivity index (χ0) is 11.9. The Bertz CT molecular complexity index is 275. The van der Waals surface area contributed by atoms with E-state index in [-0.39, 0.29) is 0 Å². The van der Waals surface area contributed by atoms with E-state index < -0.39 is 16.6 Å². The average Bonchev–Trinajstić information content (AvgIpc) is 2.10. The second kappa shape index (κ2) is 5.90. The zero-order valence-corrected chi connectivity index (χ0v) is 11.5. The molecule has 0 bridgehead atoms. The first-order valence-electron chi connectivity index (χ1n) is 4.60. The number of isocyanates is 2. The minimum Gasteiger partial charge on any atom is -0.453 e. The number of hydrogen-bond donors (Lipinski definition) is 0. The van der Waals surface area contributed by atoms with Crippen LogP contribution in [0, 0.1) is 0 Å². The van der Waals surface area contributed by atoms with Crippen LogP contribution in [0.2, 0.25) is 26.2 Å². The Morgan fingerprint density at radius 1 is 0.933 bits per heavy atom. The molecule has 0 aliphatic carbocycles. The van der Waals surface area contributed by atoms with Gasteiger partial charge in [-0.15, -0.1) is 0 Å². The van der Waals surface area contributed by atoms with Gasteiger partial charge in [-0.25, -0.2) is 19.6 Å². The summed E-state index contributed by atoms with van der Waals surface area (Å²) in [4.78, 5) is 27.1. The van der Waals surface area contributed by atoms with Crippen LogP contribution in [0.1, 0.15) is 0 Å². The van der Waals surface area contributed by atoms with Crippen molar-refractivity contribution >= 4 is 28.8 Å². The van der Waals surface area contributed by atoms with E-state index in [0.29, 0.717) is 12.3 Å². The van der Waals surface area contributed by atoms with Gasteiger partial charge in [-0.05, 0) is 26.2 Å². The standard InChI is InChI=1S/C8H16N2O3Si2/c1-14(2,7-9-5-11)13-15(3,4)8-10-6-12/h7-8H2,1-4H3. The predicted molar refractivity (Wildman–Crippen MR) is 62.0 cm³/mol. The highest BCUT2D eigenvalue weighted by atomic mass is 28.4. The first-order chi connectivity index (χ1) is 6.83. The number of carbonyl (C=O) groups excluding carboxylic acids is 2. The van der Waals surface area contributed by atoms with Gasteiger partial charge >= 0.3 is 0 Å². The molecule has 0 saturated heterocycles. The fourth-order valence-electron chi connectivity index (χ4n) is 1.26. The smallest absolute Gasteiger partial charge is 0.234 e. The molecule has 0 heterocycles. The summed E-state index contributed by atoms with van der Waals surface area (Å²) in [7, 11) is -3.93. The van der Waals surface area contributed by atoms with Crippen LogP contribution in [0.3, 0.4) is 0 Å². The van der Waals surface area contributed by atoms with Crippen LogP contribution in [-0.2, 0) is 13.7 Å². The maximum Gasteiger partial charge on any atom is 0.234 e. The lowest BCUT2D eigenvalue weighted by molar-refractivity contribution is 0.536. The highest BCUT2D eigenvalue weighted by molar-refractivity contribution is 6.85. The quantitative estimate of drug-likeness (QED) is 0.400. The maximum absolute atomic E-state index is 10.0. The van der Waals surface area contributed by atoms with E-state index in [4.69, 9.17) is 4.12 Å². The van der Waals surface area contributed by atoms with Crippen molar-refractivity contribution < 1.29 is 13.7 Å². The van der Waals surface area contributed by atoms with Gasteiger partial charge in [-0.3, -0.25) is 0 Å². The molecule has 0 aromatic rings. The molecule has 0 radical (unpaired) electrons. The van der Waals surface area contributed by atoms with Gasteiger partial charge in [0.2, 0.25) is 12.2 Å². The molecule has 0 rings (SSSR count). The van der Waals surface area contributed by atoms with Crippen molar-refractivity contribution in [2.45, 2.75) is 26.2 Å². The van der Waals surface area contributed by atoms with Gasteiger partial charge in [0.15, 0.2) is 16.6 Å². The Kier molecular flexibility index (Phi) is 5.56. The largest absolute Gasteiger partial charge is 0.453 e. The fourth-order valence-corrected chi connectivity index (χ4v) is 8.65. The number of hydrogen-bond acceptors (Lipinski definition) is 5. The lowest BCUT2D eigenvalue weighted by Crippen LogP contribution is -2.48. The van der Waals surface area contributed by atoms with Crippen molar-refractivity contribution in [2.24, 2.45) is 9.98 Å². The first-order valence-corrected chi connectivity index (χ1v) is 10.8. The third-order valence-electron chi connectivity index (χ3n) is 1.60. The van der Waals surface area contributed by atoms with Crippen LogP contribution in [0.15, 0.2) is 9.98 Å². The summed E-state index contributed by atoms with van der Waals surface area (Å²) < 4.78 is 5.96. The minimum absolute atomic E-state index is 0.401. The highest BCUT2D eigenvalue weighted by Gasteiger charge is 2.32. The van der Waals surface area contributed by atoms with Crippen molar-refractivity contribution in [3.05, 3.63) is 0 Å². The van der Waals surface area contributed by atoms with E-state index >= 15 is 0 Å². The van der Waals surface area contributed by atoms with Crippen molar-refractivity contribution in [1.29, 1.82) is 0 Å². The topological polar surface area (TPSA) is 68.1 Å². The third-order valence-corrected chi connectivity index (χ3v) is 7.86. The summed E-state index contributed by atoms with van der Waals surface area (Å²) in [6.07, 6.45) is 3.83. The second-order valence-electron chi connectivity index (χ2n) is 4.44. The van der Waals surface area contributed by atoms with E-state index in [1.54, 1.807) is 0 Å². The fraction of sp³-hybridized carbons (Fsp3) is 0.750. The van der Waals surface area contributed by atoms with Gasteiger partial charge in [-0.1, -0.05) is 0 Å². The van der Waals surface area contributed by atoms with Gasteiger partial charge in [-0.2, -0.15) is 0 Å². The molecule has 5 nitrogen and oxygen atoms in total. The van der Waals surface area contributed by atoms with E-state index in [9.17, 15) is 9.59 Å². The zero-order valence-electron chi connectivity index (χ0n) is 9.53. The first kappa shape index (κ1) is 14.2. The molecule has 7 heteroatoms. The van der Waals surface area contributed by atoms with Crippen LogP contribution in [0.25, 0.3) is 0 Å². The number of nitrogens with zero attached hydrogens (tertiary/aromatic N) is 2. The summed E-state index contributed by atoms with van der Waals surface area (Å²) in [6, 6.07) is 0. The van der Waals surface area contributed by atoms with Crippen LogP contribution in [-0.4, -0.2) is 41.1 Å². The molecule has 0 saturated carbocycles. The maximum atomic E-state index is 10.0. The molecule has 0 amide bonds. The Balaban J connectivity index is 4.40. The lowest BCUT2D eigenvalue weighted by atomic mass is 11.4. The van der Waals surface area contributed by atoms with Gasteiger partial charge in [0.25, 0.3) is 0 Å². The Morgan fingerprint density at radius 2 is 1.27 bits per heavy atom. The molecule has 84 valence electrons.